The van der Waals surface area contributed by atoms with E-state index in [1.54, 1.807) is 20.2 Å². The van der Waals surface area contributed by atoms with Crippen molar-refractivity contribution in [2.45, 2.75) is 12.8 Å². The van der Waals surface area contributed by atoms with E-state index in [4.69, 9.17) is 14.5 Å². The lowest BCUT2D eigenvalue weighted by Gasteiger charge is -2.29. The smallest absolute Gasteiger partial charge is 0.253 e. The third kappa shape index (κ3) is 5.67. The van der Waals surface area contributed by atoms with Crippen LogP contribution in [-0.4, -0.2) is 74.4 Å². The monoisotopic (exact) mass is 504 g/mol. The highest BCUT2D eigenvalue weighted by atomic mass is 16.5. The molecule has 1 amide bonds. The molecule has 37 heavy (non-hydrogen) atoms. The number of aromatic nitrogens is 3. The van der Waals surface area contributed by atoms with Gasteiger partial charge in [-0.1, -0.05) is 12.1 Å². The van der Waals surface area contributed by atoms with Gasteiger partial charge in [-0.25, -0.2) is 0 Å². The SMILES string of the molecule is CNC(=O)c1ccccc1Nc1nc(Nc2ccc(N3CCOCC3)cc2OC)nc(N2CCCC2)n1. The Hall–Kier alpha value is -4.12. The van der Waals surface area contributed by atoms with E-state index in [9.17, 15) is 4.79 Å². The third-order valence-corrected chi connectivity index (χ3v) is 6.47. The maximum atomic E-state index is 12.4. The second-order valence-electron chi connectivity index (χ2n) is 8.84. The zero-order valence-electron chi connectivity index (χ0n) is 21.2. The topological polar surface area (TPSA) is 117 Å². The Balaban J connectivity index is 1.45. The number of nitrogens with zero attached hydrogens (tertiary/aromatic N) is 5. The van der Waals surface area contributed by atoms with Crippen molar-refractivity contribution in [3.63, 3.8) is 0 Å². The first-order chi connectivity index (χ1) is 18.1. The number of amides is 1. The fraction of sp³-hybridized carbons (Fsp3) is 0.385. The van der Waals surface area contributed by atoms with Gasteiger partial charge in [-0.2, -0.15) is 15.0 Å². The van der Waals surface area contributed by atoms with E-state index in [1.807, 2.05) is 30.3 Å². The summed E-state index contributed by atoms with van der Waals surface area (Å²) in [5.74, 6) is 1.81. The van der Waals surface area contributed by atoms with Gasteiger partial charge in [0.15, 0.2) is 0 Å². The summed E-state index contributed by atoms with van der Waals surface area (Å²) in [7, 11) is 3.25. The molecule has 0 saturated carbocycles. The van der Waals surface area contributed by atoms with Crippen LogP contribution in [0.25, 0.3) is 0 Å². The van der Waals surface area contributed by atoms with E-state index in [-0.39, 0.29) is 5.91 Å². The number of morpholine rings is 1. The predicted octanol–water partition coefficient (Wildman–Crippen LogP) is 3.16. The van der Waals surface area contributed by atoms with Gasteiger partial charge in [-0.3, -0.25) is 4.79 Å². The van der Waals surface area contributed by atoms with Crippen molar-refractivity contribution in [1.82, 2.24) is 20.3 Å². The first kappa shape index (κ1) is 24.6. The number of para-hydroxylation sites is 1. The number of carbonyl (C=O) groups is 1. The normalized spacial score (nSPS) is 15.4. The van der Waals surface area contributed by atoms with Crippen LogP contribution in [0.2, 0.25) is 0 Å². The van der Waals surface area contributed by atoms with Crippen molar-refractivity contribution in [1.29, 1.82) is 0 Å². The first-order valence-corrected chi connectivity index (χ1v) is 12.5. The highest BCUT2D eigenvalue weighted by Crippen LogP contribution is 2.32. The molecule has 3 aromatic rings. The summed E-state index contributed by atoms with van der Waals surface area (Å²) < 4.78 is 11.2. The molecular weight excluding hydrogens is 472 g/mol. The second-order valence-corrected chi connectivity index (χ2v) is 8.84. The number of hydrogen-bond donors (Lipinski definition) is 3. The number of methoxy groups -OCH3 is 1. The number of benzene rings is 2. The second kappa shape index (κ2) is 11.3. The van der Waals surface area contributed by atoms with E-state index in [1.165, 1.54) is 0 Å². The van der Waals surface area contributed by atoms with E-state index < -0.39 is 0 Å². The molecular formula is C26H32N8O3. The molecule has 2 aliphatic rings. The Morgan fingerprint density at radius 3 is 2.30 bits per heavy atom. The number of hydrogen-bond acceptors (Lipinski definition) is 10. The van der Waals surface area contributed by atoms with E-state index in [0.717, 1.165) is 50.4 Å². The Labute approximate surface area is 216 Å². The van der Waals surface area contributed by atoms with Crippen molar-refractivity contribution < 1.29 is 14.3 Å². The van der Waals surface area contributed by atoms with E-state index >= 15 is 0 Å². The number of rotatable bonds is 8. The summed E-state index contributed by atoms with van der Waals surface area (Å²) in [6.07, 6.45) is 2.18. The average Bonchev–Trinajstić information content (AvgIpc) is 3.49. The molecule has 2 fully saturated rings. The van der Waals surface area contributed by atoms with Crippen LogP contribution in [0.15, 0.2) is 42.5 Å². The van der Waals surface area contributed by atoms with Crippen molar-refractivity contribution in [3.8, 4) is 5.75 Å². The lowest BCUT2D eigenvalue weighted by atomic mass is 10.1. The molecule has 194 valence electrons. The van der Waals surface area contributed by atoms with Gasteiger partial charge in [0.2, 0.25) is 17.8 Å². The average molecular weight is 505 g/mol. The molecule has 11 heteroatoms. The van der Waals surface area contributed by atoms with Crippen LogP contribution in [0.3, 0.4) is 0 Å². The Morgan fingerprint density at radius 1 is 0.892 bits per heavy atom. The lowest BCUT2D eigenvalue weighted by Crippen LogP contribution is -2.36. The van der Waals surface area contributed by atoms with Crippen molar-refractivity contribution in [2.24, 2.45) is 0 Å². The zero-order chi connectivity index (χ0) is 25.6. The number of ether oxygens (including phenoxy) is 2. The molecule has 2 aliphatic heterocycles. The molecule has 2 saturated heterocycles. The van der Waals surface area contributed by atoms with Crippen LogP contribution in [0.4, 0.5) is 34.9 Å². The quantitative estimate of drug-likeness (QED) is 0.422. The van der Waals surface area contributed by atoms with Crippen LogP contribution >= 0.6 is 0 Å². The van der Waals surface area contributed by atoms with Gasteiger partial charge in [0.05, 0.1) is 37.3 Å². The fourth-order valence-corrected chi connectivity index (χ4v) is 4.50. The van der Waals surface area contributed by atoms with Gasteiger partial charge in [-0.15, -0.1) is 0 Å². The molecule has 1 aromatic heterocycles. The third-order valence-electron chi connectivity index (χ3n) is 6.47. The summed E-state index contributed by atoms with van der Waals surface area (Å²) in [6, 6.07) is 13.3. The molecule has 0 bridgehead atoms. The minimum Gasteiger partial charge on any atom is -0.494 e. The first-order valence-electron chi connectivity index (χ1n) is 12.5. The highest BCUT2D eigenvalue weighted by Gasteiger charge is 2.20. The van der Waals surface area contributed by atoms with Crippen LogP contribution in [0.5, 0.6) is 5.75 Å². The van der Waals surface area contributed by atoms with E-state index in [2.05, 4.69) is 41.8 Å². The fourth-order valence-electron chi connectivity index (χ4n) is 4.50. The predicted molar refractivity (Wildman–Crippen MR) is 144 cm³/mol. The minimum atomic E-state index is -0.194. The van der Waals surface area contributed by atoms with Crippen molar-refractivity contribution in [2.75, 3.05) is 74.0 Å². The zero-order valence-corrected chi connectivity index (χ0v) is 21.2. The molecule has 0 atom stereocenters. The summed E-state index contributed by atoms with van der Waals surface area (Å²) in [5.41, 5.74) is 2.93. The van der Waals surface area contributed by atoms with Gasteiger partial charge in [0, 0.05) is 45.0 Å². The molecule has 5 rings (SSSR count). The molecule has 3 N–H and O–H groups in total. The van der Waals surface area contributed by atoms with Crippen LogP contribution in [0, 0.1) is 0 Å². The van der Waals surface area contributed by atoms with Crippen LogP contribution < -0.4 is 30.5 Å². The van der Waals surface area contributed by atoms with E-state index in [0.29, 0.717) is 48.1 Å². The molecule has 0 aliphatic carbocycles. The summed E-state index contributed by atoms with van der Waals surface area (Å²) >= 11 is 0. The number of carbonyl (C=O) groups excluding carboxylic acids is 1. The maximum absolute atomic E-state index is 12.4. The summed E-state index contributed by atoms with van der Waals surface area (Å²) in [4.78, 5) is 30.8. The van der Waals surface area contributed by atoms with Gasteiger partial charge < -0.3 is 35.2 Å². The van der Waals surface area contributed by atoms with Gasteiger partial charge in [-0.05, 0) is 37.1 Å². The van der Waals surface area contributed by atoms with Crippen molar-refractivity contribution >= 4 is 40.8 Å². The largest absolute Gasteiger partial charge is 0.494 e. The molecule has 0 unspecified atom stereocenters. The maximum Gasteiger partial charge on any atom is 0.253 e. The lowest BCUT2D eigenvalue weighted by molar-refractivity contribution is 0.0964. The summed E-state index contributed by atoms with van der Waals surface area (Å²) in [5, 5.41) is 9.21. The van der Waals surface area contributed by atoms with Gasteiger partial charge in [0.1, 0.15) is 5.75 Å². The van der Waals surface area contributed by atoms with Gasteiger partial charge in [0.25, 0.3) is 5.91 Å². The van der Waals surface area contributed by atoms with Crippen molar-refractivity contribution in [3.05, 3.63) is 48.0 Å². The molecule has 0 spiro atoms. The highest BCUT2D eigenvalue weighted by molar-refractivity contribution is 6.00. The van der Waals surface area contributed by atoms with Crippen LogP contribution in [0.1, 0.15) is 23.2 Å². The summed E-state index contributed by atoms with van der Waals surface area (Å²) in [6.45, 7) is 4.88. The Bertz CT molecular complexity index is 1240. The molecule has 3 heterocycles. The molecule has 0 radical (unpaired) electrons. The standard InChI is InChI=1S/C26H32N8O3/c1-27-23(35)19-7-3-4-8-20(19)28-24-30-25(32-26(31-24)34-11-5-6-12-34)29-21-10-9-18(17-22(21)36-2)33-13-15-37-16-14-33/h3-4,7-10,17H,5-6,11-16H2,1-2H3,(H,27,35)(H2,28,29,30,31,32). The molecule has 2 aromatic carbocycles. The Kier molecular flexibility index (Phi) is 7.50. The Morgan fingerprint density at radius 2 is 1.59 bits per heavy atom. The van der Waals surface area contributed by atoms with Gasteiger partial charge >= 0.3 is 0 Å². The molecule has 11 nitrogen and oxygen atoms in total. The van der Waals surface area contributed by atoms with Crippen LogP contribution in [-0.2, 0) is 4.74 Å². The number of nitrogens with one attached hydrogen (secondary N) is 3. The minimum absolute atomic E-state index is 0.194. The number of anilines is 6.